The predicted octanol–water partition coefficient (Wildman–Crippen LogP) is 2.20. The van der Waals surface area contributed by atoms with E-state index in [-0.39, 0.29) is 5.60 Å². The quantitative estimate of drug-likeness (QED) is 0.601. The number of rotatable bonds is 2. The first-order valence-corrected chi connectivity index (χ1v) is 4.33. The summed E-state index contributed by atoms with van der Waals surface area (Å²) in [5, 5.41) is 4.13. The van der Waals surface area contributed by atoms with Crippen molar-refractivity contribution in [1.29, 1.82) is 0 Å². The van der Waals surface area contributed by atoms with Gasteiger partial charge in [-0.15, -0.1) is 6.54 Å². The van der Waals surface area contributed by atoms with Crippen molar-refractivity contribution in [3.63, 3.8) is 0 Å². The van der Waals surface area contributed by atoms with E-state index in [2.05, 4.69) is 19.2 Å². The van der Waals surface area contributed by atoms with Crippen molar-refractivity contribution in [1.82, 2.24) is 0 Å². The lowest BCUT2D eigenvalue weighted by Gasteiger charge is -2.37. The molecule has 2 nitrogen and oxygen atoms in total. The van der Waals surface area contributed by atoms with Crippen molar-refractivity contribution in [2.75, 3.05) is 20.2 Å². The van der Waals surface area contributed by atoms with E-state index in [4.69, 9.17) is 4.74 Å². The Morgan fingerprint density at radius 1 is 1.55 bits per heavy atom. The second-order valence-corrected chi connectivity index (χ2v) is 3.97. The van der Waals surface area contributed by atoms with Crippen LogP contribution >= 0.6 is 0 Å². The summed E-state index contributed by atoms with van der Waals surface area (Å²) in [6.45, 7) is 6.18. The van der Waals surface area contributed by atoms with Crippen molar-refractivity contribution < 1.29 is 4.74 Å². The summed E-state index contributed by atoms with van der Waals surface area (Å²) < 4.78 is 5.67. The van der Waals surface area contributed by atoms with Crippen LogP contribution in [0.5, 0.6) is 0 Å². The molecular weight excluding hydrogens is 138 g/mol. The first-order valence-electron chi connectivity index (χ1n) is 4.33. The summed E-state index contributed by atoms with van der Waals surface area (Å²) in [5.74, 6) is 0.674. The van der Waals surface area contributed by atoms with Gasteiger partial charge in [0, 0.05) is 6.61 Å². The van der Waals surface area contributed by atoms with Crippen LogP contribution < -0.4 is 0 Å². The Kier molecular flexibility index (Phi) is 2.90. The minimum absolute atomic E-state index is 0.115. The van der Waals surface area contributed by atoms with Gasteiger partial charge in [-0.05, 0) is 32.6 Å². The zero-order valence-corrected chi connectivity index (χ0v) is 7.76. The molecule has 0 aromatic carbocycles. The van der Waals surface area contributed by atoms with Gasteiger partial charge in [0.15, 0.2) is 0 Å². The topological polar surface area (TPSA) is 23.3 Å². The fraction of sp³-hybridized carbons (Fsp3) is 1.00. The summed E-state index contributed by atoms with van der Waals surface area (Å²) in [7, 11) is 1.87. The number of ether oxygens (including phenoxy) is 1. The zero-order valence-electron chi connectivity index (χ0n) is 7.76. The van der Waals surface area contributed by atoms with E-state index in [1.807, 2.05) is 7.05 Å². The van der Waals surface area contributed by atoms with Crippen molar-refractivity contribution in [2.24, 2.45) is 5.92 Å². The molecule has 0 bridgehead atoms. The highest BCUT2D eigenvalue weighted by molar-refractivity contribution is 4.83. The minimum Gasteiger partial charge on any atom is -0.665 e. The van der Waals surface area contributed by atoms with E-state index in [0.29, 0.717) is 5.92 Å². The lowest BCUT2D eigenvalue weighted by Crippen LogP contribution is -2.34. The molecule has 2 heteroatoms. The molecule has 1 atom stereocenters. The molecule has 1 fully saturated rings. The molecular formula is C9H18NO-. The predicted molar refractivity (Wildman–Crippen MR) is 46.9 cm³/mol. The molecule has 0 aromatic heterocycles. The molecule has 0 spiro atoms. The van der Waals surface area contributed by atoms with Gasteiger partial charge in [-0.2, -0.15) is 7.05 Å². The zero-order chi connectivity index (χ0) is 8.32. The fourth-order valence-corrected chi connectivity index (χ4v) is 1.45. The monoisotopic (exact) mass is 156 g/mol. The molecule has 1 unspecified atom stereocenters. The van der Waals surface area contributed by atoms with Gasteiger partial charge in [-0.3, -0.25) is 0 Å². The van der Waals surface area contributed by atoms with Crippen LogP contribution in [0, 0.1) is 5.92 Å². The van der Waals surface area contributed by atoms with Crippen LogP contribution in [0.3, 0.4) is 0 Å². The van der Waals surface area contributed by atoms with Crippen molar-refractivity contribution in [2.45, 2.75) is 32.3 Å². The molecule has 11 heavy (non-hydrogen) atoms. The molecule has 1 aliphatic heterocycles. The standard InChI is InChI=1S/C9H18NO/c1-9(2)5-4-8(6-10-3)7-11-9/h8H,4-7H2,1-3H3/q-1. The van der Waals surface area contributed by atoms with E-state index in [1.165, 1.54) is 12.8 Å². The van der Waals surface area contributed by atoms with Gasteiger partial charge in [0.1, 0.15) is 0 Å². The smallest absolute Gasteiger partial charge is 0.0626 e. The minimum atomic E-state index is 0.115. The summed E-state index contributed by atoms with van der Waals surface area (Å²) in [6.07, 6.45) is 2.44. The highest BCUT2D eigenvalue weighted by atomic mass is 16.5. The molecule has 0 amide bonds. The van der Waals surface area contributed by atoms with Gasteiger partial charge < -0.3 is 10.1 Å². The Hall–Kier alpha value is -0.0800. The van der Waals surface area contributed by atoms with Crippen LogP contribution in [0.1, 0.15) is 26.7 Å². The first-order chi connectivity index (χ1) is 5.14. The number of hydrogen-bond donors (Lipinski definition) is 0. The first kappa shape index (κ1) is 9.01. The maximum absolute atomic E-state index is 5.67. The molecule has 0 aromatic rings. The van der Waals surface area contributed by atoms with Gasteiger partial charge in [0.25, 0.3) is 0 Å². The van der Waals surface area contributed by atoms with E-state index < -0.39 is 0 Å². The Balaban J connectivity index is 2.25. The van der Waals surface area contributed by atoms with Crippen LogP contribution in [-0.4, -0.2) is 25.8 Å². The van der Waals surface area contributed by atoms with E-state index in [9.17, 15) is 0 Å². The summed E-state index contributed by atoms with van der Waals surface area (Å²) in [6, 6.07) is 0. The van der Waals surface area contributed by atoms with Crippen molar-refractivity contribution >= 4 is 0 Å². The van der Waals surface area contributed by atoms with E-state index in [1.54, 1.807) is 0 Å². The lowest BCUT2D eigenvalue weighted by molar-refractivity contribution is -0.0733. The van der Waals surface area contributed by atoms with Crippen LogP contribution in [0.4, 0.5) is 0 Å². The molecule has 0 radical (unpaired) electrons. The number of hydrogen-bond acceptors (Lipinski definition) is 1. The van der Waals surface area contributed by atoms with Crippen LogP contribution in [-0.2, 0) is 4.74 Å². The second kappa shape index (κ2) is 3.55. The second-order valence-electron chi connectivity index (χ2n) is 3.97. The van der Waals surface area contributed by atoms with Gasteiger partial charge in [0.05, 0.1) is 5.60 Å². The Morgan fingerprint density at radius 2 is 2.27 bits per heavy atom. The van der Waals surface area contributed by atoms with Crippen LogP contribution in [0.25, 0.3) is 5.32 Å². The molecule has 0 saturated carbocycles. The average molecular weight is 156 g/mol. The summed E-state index contributed by atoms with van der Waals surface area (Å²) in [4.78, 5) is 0. The molecule has 0 N–H and O–H groups in total. The van der Waals surface area contributed by atoms with E-state index in [0.717, 1.165) is 13.2 Å². The maximum Gasteiger partial charge on any atom is 0.0626 e. The fourth-order valence-electron chi connectivity index (χ4n) is 1.45. The number of nitrogens with zero attached hydrogens (tertiary/aromatic N) is 1. The van der Waals surface area contributed by atoms with Crippen molar-refractivity contribution in [3.8, 4) is 0 Å². The maximum atomic E-state index is 5.67. The molecule has 1 saturated heterocycles. The highest BCUT2D eigenvalue weighted by Gasteiger charge is 2.25. The third kappa shape index (κ3) is 2.80. The largest absolute Gasteiger partial charge is 0.665 e. The molecule has 1 heterocycles. The highest BCUT2D eigenvalue weighted by Crippen LogP contribution is 2.27. The average Bonchev–Trinajstić information content (AvgIpc) is 1.94. The molecule has 1 rings (SSSR count). The van der Waals surface area contributed by atoms with Crippen molar-refractivity contribution in [3.05, 3.63) is 5.32 Å². The summed E-state index contributed by atoms with van der Waals surface area (Å²) in [5.41, 5.74) is 0.115. The SMILES string of the molecule is C[N-]CC1CCC(C)(C)OC1. The third-order valence-corrected chi connectivity index (χ3v) is 2.31. The lowest BCUT2D eigenvalue weighted by atomic mass is 9.92. The van der Waals surface area contributed by atoms with Crippen LogP contribution in [0.2, 0.25) is 0 Å². The van der Waals surface area contributed by atoms with Gasteiger partial charge in [0.2, 0.25) is 0 Å². The Morgan fingerprint density at radius 3 is 2.73 bits per heavy atom. The molecule has 66 valence electrons. The molecule has 0 aliphatic carbocycles. The Bertz CT molecular complexity index is 113. The third-order valence-electron chi connectivity index (χ3n) is 2.31. The van der Waals surface area contributed by atoms with Gasteiger partial charge in [-0.1, -0.05) is 0 Å². The Labute approximate surface area is 69.3 Å². The summed E-state index contributed by atoms with van der Waals surface area (Å²) >= 11 is 0. The van der Waals surface area contributed by atoms with Crippen LogP contribution in [0.15, 0.2) is 0 Å². The molecule has 1 aliphatic rings. The van der Waals surface area contributed by atoms with Gasteiger partial charge >= 0.3 is 0 Å². The van der Waals surface area contributed by atoms with Gasteiger partial charge in [-0.25, -0.2) is 0 Å². The van der Waals surface area contributed by atoms with E-state index >= 15 is 0 Å². The normalized spacial score (nSPS) is 30.3.